The number of nitrogens with one attached hydrogen (secondary N) is 1. The highest BCUT2D eigenvalue weighted by Gasteiger charge is 2.09. The van der Waals surface area contributed by atoms with Crippen LogP contribution in [0.1, 0.15) is 0 Å². The summed E-state index contributed by atoms with van der Waals surface area (Å²) >= 11 is 0. The molecule has 1 N–H and O–H groups in total. The van der Waals surface area contributed by atoms with Crippen LogP contribution in [0.25, 0.3) is 22.3 Å². The minimum Gasteiger partial charge on any atom is -0.276 e. The molecule has 0 amide bonds. The molecule has 0 aromatic carbocycles. The van der Waals surface area contributed by atoms with E-state index in [1.165, 1.54) is 0 Å². The number of hydrogen-bond acceptors (Lipinski definition) is 3. The van der Waals surface area contributed by atoms with E-state index in [0.717, 1.165) is 22.3 Å². The number of rotatable bonds is 1. The highest BCUT2D eigenvalue weighted by Crippen LogP contribution is 2.23. The molecule has 15 heavy (non-hydrogen) atoms. The van der Waals surface area contributed by atoms with Crippen LogP contribution in [0.5, 0.6) is 0 Å². The van der Waals surface area contributed by atoms with Crippen molar-refractivity contribution in [3.8, 4) is 11.4 Å². The average Bonchev–Trinajstić information content (AvgIpc) is 2.83. The zero-order valence-electron chi connectivity index (χ0n) is 8.18. The number of aryl methyl sites for hydroxylation is 1. The van der Waals surface area contributed by atoms with Crippen LogP contribution >= 0.6 is 0 Å². The van der Waals surface area contributed by atoms with Crippen molar-refractivity contribution in [1.82, 2.24) is 25.0 Å². The Morgan fingerprint density at radius 1 is 1.33 bits per heavy atom. The zero-order valence-corrected chi connectivity index (χ0v) is 8.18. The van der Waals surface area contributed by atoms with E-state index < -0.39 is 0 Å². The van der Waals surface area contributed by atoms with Crippen LogP contribution in [-0.2, 0) is 7.05 Å². The second-order valence-corrected chi connectivity index (χ2v) is 3.37. The molecular weight excluding hydrogens is 190 g/mol. The summed E-state index contributed by atoms with van der Waals surface area (Å²) in [7, 11) is 1.89. The monoisotopic (exact) mass is 199 g/mol. The Morgan fingerprint density at radius 2 is 2.27 bits per heavy atom. The molecule has 0 saturated carbocycles. The molecular formula is C10H9N5. The highest BCUT2D eigenvalue weighted by atomic mass is 15.3. The first-order chi connectivity index (χ1) is 7.34. The minimum absolute atomic E-state index is 0.869. The van der Waals surface area contributed by atoms with Gasteiger partial charge in [-0.05, 0) is 12.1 Å². The summed E-state index contributed by atoms with van der Waals surface area (Å²) < 4.78 is 1.76. The number of aromatic amines is 1. The third kappa shape index (κ3) is 1.20. The molecule has 74 valence electrons. The molecule has 3 aromatic heterocycles. The van der Waals surface area contributed by atoms with Crippen molar-refractivity contribution in [3.63, 3.8) is 0 Å². The maximum absolute atomic E-state index is 4.32. The molecule has 0 bridgehead atoms. The number of H-pyrrole nitrogens is 1. The van der Waals surface area contributed by atoms with Crippen LogP contribution in [0.3, 0.4) is 0 Å². The molecule has 0 aliphatic rings. The van der Waals surface area contributed by atoms with Crippen molar-refractivity contribution < 1.29 is 0 Å². The molecule has 0 atom stereocenters. The number of nitrogens with zero attached hydrogens (tertiary/aromatic N) is 4. The number of hydrogen-bond donors (Lipinski definition) is 1. The summed E-state index contributed by atoms with van der Waals surface area (Å²) in [5.74, 6) is 0. The molecule has 3 rings (SSSR count). The van der Waals surface area contributed by atoms with Crippen LogP contribution in [0.15, 0.2) is 30.7 Å². The summed E-state index contributed by atoms with van der Waals surface area (Å²) in [6.45, 7) is 0. The van der Waals surface area contributed by atoms with Crippen molar-refractivity contribution in [2.45, 2.75) is 0 Å². The van der Waals surface area contributed by atoms with Gasteiger partial charge in [-0.3, -0.25) is 14.8 Å². The van der Waals surface area contributed by atoms with E-state index in [1.807, 2.05) is 25.4 Å². The maximum atomic E-state index is 4.32. The van der Waals surface area contributed by atoms with Gasteiger partial charge in [-0.15, -0.1) is 0 Å². The van der Waals surface area contributed by atoms with Crippen LogP contribution in [0.2, 0.25) is 0 Å². The molecule has 0 unspecified atom stereocenters. The van der Waals surface area contributed by atoms with E-state index in [1.54, 1.807) is 17.1 Å². The Hall–Kier alpha value is -2.17. The smallest absolute Gasteiger partial charge is 0.120 e. The first-order valence-corrected chi connectivity index (χ1v) is 4.63. The molecule has 0 radical (unpaired) electrons. The second-order valence-electron chi connectivity index (χ2n) is 3.37. The van der Waals surface area contributed by atoms with Crippen LogP contribution < -0.4 is 0 Å². The Bertz CT molecular complexity index is 607. The highest BCUT2D eigenvalue weighted by molar-refractivity contribution is 5.91. The fourth-order valence-corrected chi connectivity index (χ4v) is 1.60. The molecule has 3 aromatic rings. The van der Waals surface area contributed by atoms with Crippen LogP contribution in [0, 0.1) is 0 Å². The van der Waals surface area contributed by atoms with Gasteiger partial charge in [0.25, 0.3) is 0 Å². The third-order valence-corrected chi connectivity index (χ3v) is 2.32. The standard InChI is InChI=1S/C10H9N5/c1-15-5-3-8(14-15)10-7-2-4-11-6-9(7)12-13-10/h2-6H,1H3,(H,12,13). The molecule has 5 nitrogen and oxygen atoms in total. The predicted molar refractivity (Wildman–Crippen MR) is 56.1 cm³/mol. The van der Waals surface area contributed by atoms with Gasteiger partial charge < -0.3 is 0 Å². The Kier molecular flexibility index (Phi) is 1.58. The van der Waals surface area contributed by atoms with Crippen molar-refractivity contribution in [2.75, 3.05) is 0 Å². The average molecular weight is 199 g/mol. The van der Waals surface area contributed by atoms with Gasteiger partial charge in [-0.25, -0.2) is 0 Å². The quantitative estimate of drug-likeness (QED) is 0.643. The van der Waals surface area contributed by atoms with Gasteiger partial charge >= 0.3 is 0 Å². The molecule has 0 saturated heterocycles. The maximum Gasteiger partial charge on any atom is 0.120 e. The van der Waals surface area contributed by atoms with Gasteiger partial charge in [0.1, 0.15) is 11.4 Å². The van der Waals surface area contributed by atoms with Crippen LogP contribution in [-0.4, -0.2) is 25.0 Å². The van der Waals surface area contributed by atoms with E-state index in [4.69, 9.17) is 0 Å². The van der Waals surface area contributed by atoms with Crippen molar-refractivity contribution in [1.29, 1.82) is 0 Å². The minimum atomic E-state index is 0.869. The summed E-state index contributed by atoms with van der Waals surface area (Å²) in [6, 6.07) is 3.87. The van der Waals surface area contributed by atoms with E-state index in [2.05, 4.69) is 20.3 Å². The molecule has 0 aliphatic heterocycles. The molecule has 0 aliphatic carbocycles. The predicted octanol–water partition coefficient (Wildman–Crippen LogP) is 1.36. The Balaban J connectivity index is 2.27. The molecule has 5 heteroatoms. The van der Waals surface area contributed by atoms with Gasteiger partial charge in [-0.2, -0.15) is 10.2 Å². The van der Waals surface area contributed by atoms with Gasteiger partial charge in [0, 0.05) is 24.8 Å². The first kappa shape index (κ1) is 8.16. The Labute approximate surface area is 85.8 Å². The summed E-state index contributed by atoms with van der Waals surface area (Å²) in [5.41, 5.74) is 2.67. The lowest BCUT2D eigenvalue weighted by Crippen LogP contribution is -1.88. The largest absolute Gasteiger partial charge is 0.276 e. The van der Waals surface area contributed by atoms with Gasteiger partial charge in [0.15, 0.2) is 0 Å². The van der Waals surface area contributed by atoms with Crippen molar-refractivity contribution in [2.24, 2.45) is 7.05 Å². The summed E-state index contributed by atoms with van der Waals surface area (Å²) in [5, 5.41) is 12.5. The van der Waals surface area contributed by atoms with E-state index >= 15 is 0 Å². The second kappa shape index (κ2) is 2.91. The van der Waals surface area contributed by atoms with E-state index in [9.17, 15) is 0 Å². The molecule has 0 fully saturated rings. The van der Waals surface area contributed by atoms with Gasteiger partial charge in [0.05, 0.1) is 11.7 Å². The Morgan fingerprint density at radius 3 is 3.07 bits per heavy atom. The first-order valence-electron chi connectivity index (χ1n) is 4.63. The van der Waals surface area contributed by atoms with E-state index in [0.29, 0.717) is 0 Å². The lowest BCUT2D eigenvalue weighted by molar-refractivity contribution is 0.770. The lowest BCUT2D eigenvalue weighted by atomic mass is 10.2. The normalized spacial score (nSPS) is 11.0. The zero-order chi connectivity index (χ0) is 10.3. The lowest BCUT2D eigenvalue weighted by Gasteiger charge is -1.90. The summed E-state index contributed by atoms with van der Waals surface area (Å²) in [4.78, 5) is 4.03. The number of fused-ring (bicyclic) bond motifs is 1. The fourth-order valence-electron chi connectivity index (χ4n) is 1.60. The fraction of sp³-hybridized carbons (Fsp3) is 0.100. The van der Waals surface area contributed by atoms with Crippen molar-refractivity contribution >= 4 is 10.9 Å². The third-order valence-electron chi connectivity index (χ3n) is 2.32. The number of aromatic nitrogens is 5. The molecule has 0 spiro atoms. The van der Waals surface area contributed by atoms with Crippen molar-refractivity contribution in [3.05, 3.63) is 30.7 Å². The van der Waals surface area contributed by atoms with Crippen LogP contribution in [0.4, 0.5) is 0 Å². The molecule has 3 heterocycles. The van der Waals surface area contributed by atoms with Gasteiger partial charge in [0.2, 0.25) is 0 Å². The summed E-state index contributed by atoms with van der Waals surface area (Å²) in [6.07, 6.45) is 5.41. The van der Waals surface area contributed by atoms with E-state index in [-0.39, 0.29) is 0 Å². The van der Waals surface area contributed by atoms with Gasteiger partial charge in [-0.1, -0.05) is 0 Å². The SMILES string of the molecule is Cn1ccc(-c2n[nH]c3cnccc23)n1. The topological polar surface area (TPSA) is 59.4 Å². The number of pyridine rings is 1.